The summed E-state index contributed by atoms with van der Waals surface area (Å²) < 4.78 is 1.17. The number of fused-ring (bicyclic) bond motifs is 3. The maximum atomic E-state index is 14.2. The van der Waals surface area contributed by atoms with E-state index in [0.29, 0.717) is 19.4 Å². The number of hydrogen-bond acceptors (Lipinski definition) is 4. The van der Waals surface area contributed by atoms with Crippen LogP contribution in [0.3, 0.4) is 0 Å². The van der Waals surface area contributed by atoms with Gasteiger partial charge in [-0.1, -0.05) is 78.9 Å². The van der Waals surface area contributed by atoms with Crippen LogP contribution in [-0.4, -0.2) is 69.4 Å². The van der Waals surface area contributed by atoms with E-state index in [4.69, 9.17) is 0 Å². The van der Waals surface area contributed by atoms with Gasteiger partial charge in [-0.3, -0.25) is 4.79 Å². The highest BCUT2D eigenvalue weighted by Crippen LogP contribution is 2.38. The minimum absolute atomic E-state index is 0.191. The van der Waals surface area contributed by atoms with Gasteiger partial charge in [-0.25, -0.2) is 9.59 Å². The summed E-state index contributed by atoms with van der Waals surface area (Å²) in [4.78, 5) is 45.7. The quantitative estimate of drug-likeness (QED) is 0.346. The zero-order valence-electron chi connectivity index (χ0n) is 22.2. The summed E-state index contributed by atoms with van der Waals surface area (Å²) in [7, 11) is 1.77. The number of nitrogens with zero attached hydrogens (tertiary/aromatic N) is 3. The van der Waals surface area contributed by atoms with Crippen LogP contribution in [0.15, 0.2) is 90.3 Å². The van der Waals surface area contributed by atoms with Crippen molar-refractivity contribution in [3.05, 3.63) is 107 Å². The lowest BCUT2D eigenvalue weighted by atomic mass is 9.88. The highest BCUT2D eigenvalue weighted by Gasteiger charge is 2.54. The van der Waals surface area contributed by atoms with Gasteiger partial charge in [-0.05, 0) is 46.4 Å². The molecule has 2 saturated heterocycles. The third kappa shape index (κ3) is 4.62. The van der Waals surface area contributed by atoms with Crippen LogP contribution < -0.4 is 0 Å². The molecule has 1 N–H and O–H groups in total. The first-order chi connectivity index (χ1) is 19.4. The van der Waals surface area contributed by atoms with Crippen LogP contribution in [0.4, 0.5) is 4.79 Å². The van der Waals surface area contributed by atoms with E-state index in [2.05, 4.69) is 17.5 Å². The Hall–Kier alpha value is -4.17. The Morgan fingerprint density at radius 3 is 2.20 bits per heavy atom. The molecular weight excluding hydrogens is 522 g/mol. The van der Waals surface area contributed by atoms with Crippen LogP contribution >= 0.6 is 11.3 Å². The number of hydrogen-bond donors (Lipinski definition) is 1. The minimum Gasteiger partial charge on any atom is -0.480 e. The lowest BCUT2D eigenvalue weighted by molar-refractivity contribution is -0.156. The SMILES string of the molecule is CN(Cc1csc2ccccc12)C(=O)N1[C@H]2CC[C@@H]1[C@@H](C(=O)O)N(C(=O)C(c1ccccc1)c1ccccc1)C2. The molecule has 3 heterocycles. The van der Waals surface area contributed by atoms with Crippen molar-refractivity contribution in [2.75, 3.05) is 13.6 Å². The average molecular weight is 554 g/mol. The van der Waals surface area contributed by atoms with Gasteiger partial charge in [0.15, 0.2) is 0 Å². The third-order valence-corrected chi connectivity index (χ3v) is 9.23. The predicted octanol–water partition coefficient (Wildman–Crippen LogP) is 5.41. The molecule has 2 aliphatic heterocycles. The number of carboxylic acid groups (broad SMARTS) is 1. The number of thiophene rings is 1. The summed E-state index contributed by atoms with van der Waals surface area (Å²) in [6.07, 6.45) is 1.22. The van der Waals surface area contributed by atoms with Crippen molar-refractivity contribution in [3.8, 4) is 0 Å². The second-order valence-electron chi connectivity index (χ2n) is 10.6. The second-order valence-corrected chi connectivity index (χ2v) is 11.5. The number of amides is 3. The van der Waals surface area contributed by atoms with Crippen molar-refractivity contribution in [2.45, 2.75) is 43.4 Å². The Morgan fingerprint density at radius 2 is 1.55 bits per heavy atom. The van der Waals surface area contributed by atoms with Crippen molar-refractivity contribution >= 4 is 39.3 Å². The number of carboxylic acids is 1. The summed E-state index contributed by atoms with van der Waals surface area (Å²) in [6, 6.07) is 25.0. The standard InChI is InChI=1S/C32H31N3O4S/c1-33(18-23-20-40-27-15-9-8-14-25(23)27)32(39)35-24-16-17-26(35)29(31(37)38)34(19-24)30(36)28(21-10-4-2-5-11-21)22-12-6-3-7-13-22/h2-15,20,24,26,28-29H,16-19H2,1H3,(H,37,38)/t24-,26+,29-/m0/s1. The topological polar surface area (TPSA) is 81.2 Å². The lowest BCUT2D eigenvalue weighted by Gasteiger charge is -2.46. The molecule has 3 aromatic carbocycles. The zero-order valence-corrected chi connectivity index (χ0v) is 23.0. The maximum Gasteiger partial charge on any atom is 0.328 e. The van der Waals surface area contributed by atoms with E-state index in [1.807, 2.05) is 72.8 Å². The average Bonchev–Trinajstić information content (AvgIpc) is 3.52. The van der Waals surface area contributed by atoms with Crippen molar-refractivity contribution in [1.29, 1.82) is 0 Å². The molecule has 2 bridgehead atoms. The summed E-state index contributed by atoms with van der Waals surface area (Å²) >= 11 is 1.65. The van der Waals surface area contributed by atoms with Gasteiger partial charge < -0.3 is 19.8 Å². The molecule has 2 fully saturated rings. The van der Waals surface area contributed by atoms with Crippen LogP contribution in [0.25, 0.3) is 10.1 Å². The van der Waals surface area contributed by atoms with E-state index in [0.717, 1.165) is 22.1 Å². The molecule has 0 spiro atoms. The molecule has 6 rings (SSSR count). The highest BCUT2D eigenvalue weighted by molar-refractivity contribution is 7.17. The normalized spacial score (nSPS) is 20.2. The Labute approximate surface area is 237 Å². The zero-order chi connectivity index (χ0) is 27.8. The largest absolute Gasteiger partial charge is 0.480 e. The van der Waals surface area contributed by atoms with Crippen LogP contribution in [0, 0.1) is 0 Å². The smallest absolute Gasteiger partial charge is 0.328 e. The molecule has 0 radical (unpaired) electrons. The van der Waals surface area contributed by atoms with Crippen LogP contribution in [-0.2, 0) is 16.1 Å². The van der Waals surface area contributed by atoms with Gasteiger partial charge in [0.25, 0.3) is 0 Å². The van der Waals surface area contributed by atoms with Crippen LogP contribution in [0.5, 0.6) is 0 Å². The van der Waals surface area contributed by atoms with Gasteiger partial charge in [0.05, 0.1) is 18.0 Å². The van der Waals surface area contributed by atoms with Crippen molar-refractivity contribution < 1.29 is 19.5 Å². The van der Waals surface area contributed by atoms with Gasteiger partial charge in [-0.15, -0.1) is 11.3 Å². The molecule has 3 amide bonds. The number of carbonyl (C=O) groups excluding carboxylic acids is 2. The molecular formula is C32H31N3O4S. The molecule has 1 aromatic heterocycles. The number of likely N-dealkylation sites (tertiary alicyclic amines) is 1. The molecule has 4 aromatic rings. The molecule has 8 heteroatoms. The molecule has 0 unspecified atom stereocenters. The van der Waals surface area contributed by atoms with E-state index < -0.39 is 24.0 Å². The highest BCUT2D eigenvalue weighted by atomic mass is 32.1. The van der Waals surface area contributed by atoms with Gasteiger partial charge in [0, 0.05) is 24.8 Å². The molecule has 7 nitrogen and oxygen atoms in total. The number of carbonyl (C=O) groups is 3. The summed E-state index contributed by atoms with van der Waals surface area (Å²) in [5, 5.41) is 13.6. The number of urea groups is 1. The molecule has 2 aliphatic rings. The number of piperazine rings is 1. The van der Waals surface area contributed by atoms with Gasteiger partial charge in [0.2, 0.25) is 5.91 Å². The van der Waals surface area contributed by atoms with Crippen molar-refractivity contribution in [2.24, 2.45) is 0 Å². The first-order valence-corrected chi connectivity index (χ1v) is 14.4. The number of benzene rings is 3. The summed E-state index contributed by atoms with van der Waals surface area (Å²) in [6.45, 7) is 0.632. The van der Waals surface area contributed by atoms with E-state index in [-0.39, 0.29) is 24.5 Å². The molecule has 204 valence electrons. The summed E-state index contributed by atoms with van der Waals surface area (Å²) in [5.41, 5.74) is 2.70. The van der Waals surface area contributed by atoms with Gasteiger partial charge >= 0.3 is 12.0 Å². The Morgan fingerprint density at radius 1 is 0.925 bits per heavy atom. The fourth-order valence-corrected chi connectivity index (χ4v) is 7.34. The van der Waals surface area contributed by atoms with Crippen LogP contribution in [0.1, 0.15) is 35.4 Å². The lowest BCUT2D eigenvalue weighted by Crippen LogP contribution is -2.66. The predicted molar refractivity (Wildman–Crippen MR) is 155 cm³/mol. The van der Waals surface area contributed by atoms with E-state index in [1.165, 1.54) is 9.60 Å². The fourth-order valence-electron chi connectivity index (χ4n) is 6.38. The Bertz CT molecular complexity index is 1500. The first kappa shape index (κ1) is 26.1. The molecule has 0 aliphatic carbocycles. The van der Waals surface area contributed by atoms with Crippen molar-refractivity contribution in [3.63, 3.8) is 0 Å². The molecule has 3 atom stereocenters. The monoisotopic (exact) mass is 553 g/mol. The molecule has 40 heavy (non-hydrogen) atoms. The maximum absolute atomic E-state index is 14.2. The fraction of sp³-hybridized carbons (Fsp3) is 0.281. The molecule has 0 saturated carbocycles. The van der Waals surface area contributed by atoms with Gasteiger partial charge in [0.1, 0.15) is 6.04 Å². The number of aliphatic carboxylic acids is 1. The van der Waals surface area contributed by atoms with E-state index in [1.54, 1.807) is 28.2 Å². The Kier molecular flexibility index (Phi) is 7.02. The minimum atomic E-state index is -1.11. The van der Waals surface area contributed by atoms with Gasteiger partial charge in [-0.2, -0.15) is 0 Å². The van der Waals surface area contributed by atoms with Crippen molar-refractivity contribution in [1.82, 2.24) is 14.7 Å². The Balaban J connectivity index is 1.27. The van der Waals surface area contributed by atoms with E-state index >= 15 is 0 Å². The van der Waals surface area contributed by atoms with Crippen LogP contribution in [0.2, 0.25) is 0 Å². The number of rotatable bonds is 6. The summed E-state index contributed by atoms with van der Waals surface area (Å²) in [5.74, 6) is -1.95. The second kappa shape index (κ2) is 10.8. The first-order valence-electron chi connectivity index (χ1n) is 13.6. The third-order valence-electron chi connectivity index (χ3n) is 8.22. The van der Waals surface area contributed by atoms with E-state index in [9.17, 15) is 19.5 Å².